The average molecular weight is 871 g/mol. The van der Waals surface area contributed by atoms with Crippen molar-refractivity contribution in [2.45, 2.75) is 290 Å². The van der Waals surface area contributed by atoms with Crippen molar-refractivity contribution < 1.29 is 28.6 Å². The summed E-state index contributed by atoms with van der Waals surface area (Å²) in [6, 6.07) is 0. The first-order chi connectivity index (χ1) is 30.5. The van der Waals surface area contributed by atoms with E-state index in [0.717, 1.165) is 83.5 Å². The molecule has 0 saturated carbocycles. The highest BCUT2D eigenvalue weighted by molar-refractivity contribution is 5.71. The lowest BCUT2D eigenvalue weighted by atomic mass is 10.0. The summed E-state index contributed by atoms with van der Waals surface area (Å²) in [6.45, 7) is 6.53. The molecule has 1 unspecified atom stereocenters. The molecular weight excluding hydrogens is 769 g/mol. The number of esters is 3. The first-order valence-corrected chi connectivity index (χ1v) is 27.0. The molecule has 0 amide bonds. The van der Waals surface area contributed by atoms with Gasteiger partial charge in [-0.15, -0.1) is 0 Å². The van der Waals surface area contributed by atoms with E-state index in [4.69, 9.17) is 14.2 Å². The van der Waals surface area contributed by atoms with Gasteiger partial charge in [0, 0.05) is 19.3 Å². The highest BCUT2D eigenvalue weighted by atomic mass is 16.6. The lowest BCUT2D eigenvalue weighted by molar-refractivity contribution is -0.167. The van der Waals surface area contributed by atoms with Crippen molar-refractivity contribution in [3.8, 4) is 0 Å². The van der Waals surface area contributed by atoms with Gasteiger partial charge in [0.25, 0.3) is 0 Å². The van der Waals surface area contributed by atoms with Crippen LogP contribution in [0.2, 0.25) is 0 Å². The third-order valence-corrected chi connectivity index (χ3v) is 11.8. The molecule has 6 nitrogen and oxygen atoms in total. The number of rotatable bonds is 49. The Morgan fingerprint density at radius 1 is 0.323 bits per heavy atom. The molecule has 0 aliphatic carbocycles. The van der Waals surface area contributed by atoms with E-state index in [-0.39, 0.29) is 31.1 Å². The van der Waals surface area contributed by atoms with Crippen LogP contribution in [0, 0.1) is 0 Å². The molecule has 0 aliphatic rings. The van der Waals surface area contributed by atoms with E-state index in [1.807, 2.05) is 0 Å². The van der Waals surface area contributed by atoms with Gasteiger partial charge in [0.05, 0.1) is 0 Å². The maximum absolute atomic E-state index is 12.7. The Morgan fingerprint density at radius 3 is 0.968 bits per heavy atom. The zero-order valence-corrected chi connectivity index (χ0v) is 41.4. The molecule has 6 heteroatoms. The summed E-state index contributed by atoms with van der Waals surface area (Å²) in [7, 11) is 0. The van der Waals surface area contributed by atoms with E-state index in [2.05, 4.69) is 57.2 Å². The molecule has 1 atom stereocenters. The van der Waals surface area contributed by atoms with Crippen molar-refractivity contribution >= 4 is 17.9 Å². The van der Waals surface area contributed by atoms with Gasteiger partial charge < -0.3 is 14.2 Å². The number of carbonyl (C=O) groups excluding carboxylic acids is 3. The third kappa shape index (κ3) is 48.7. The Hall–Kier alpha value is -2.37. The van der Waals surface area contributed by atoms with E-state index in [1.54, 1.807) is 0 Å². The minimum atomic E-state index is -0.769. The number of ether oxygens (including phenoxy) is 3. The second kappa shape index (κ2) is 51.3. The van der Waals surface area contributed by atoms with Gasteiger partial charge >= 0.3 is 17.9 Å². The molecule has 0 radical (unpaired) electrons. The predicted octanol–water partition coefficient (Wildman–Crippen LogP) is 17.7. The van der Waals surface area contributed by atoms with Gasteiger partial charge in [-0.25, -0.2) is 0 Å². The van der Waals surface area contributed by atoms with Gasteiger partial charge in [0.1, 0.15) is 13.2 Å². The van der Waals surface area contributed by atoms with Gasteiger partial charge in [-0.3, -0.25) is 14.4 Å². The van der Waals surface area contributed by atoms with Crippen molar-refractivity contribution in [3.05, 3.63) is 36.5 Å². The minimum Gasteiger partial charge on any atom is -0.462 e. The summed E-state index contributed by atoms with van der Waals surface area (Å²) < 4.78 is 16.7. The van der Waals surface area contributed by atoms with Crippen molar-refractivity contribution in [1.82, 2.24) is 0 Å². The summed E-state index contributed by atoms with van der Waals surface area (Å²) in [4.78, 5) is 37.7. The van der Waals surface area contributed by atoms with Crippen LogP contribution in [0.15, 0.2) is 36.5 Å². The molecular formula is C56H102O6. The minimum absolute atomic E-state index is 0.0729. The van der Waals surface area contributed by atoms with E-state index >= 15 is 0 Å². The van der Waals surface area contributed by atoms with Gasteiger partial charge in [-0.2, -0.15) is 0 Å². The van der Waals surface area contributed by atoms with Crippen LogP contribution in [-0.2, 0) is 28.6 Å². The Balaban J connectivity index is 4.01. The molecule has 0 aromatic rings. The van der Waals surface area contributed by atoms with Crippen LogP contribution in [0.1, 0.15) is 284 Å². The first kappa shape index (κ1) is 59.6. The smallest absolute Gasteiger partial charge is 0.306 e. The SMILES string of the molecule is CCC/C=C\CCCCCCCC(=O)OC(COC(=O)CCCCCCCCC)COC(=O)CCCCCCCCCCCCCCCCC/C=C\C/C=C\CCCCCCC. The Morgan fingerprint density at radius 2 is 0.613 bits per heavy atom. The maximum Gasteiger partial charge on any atom is 0.306 e. The normalized spacial score (nSPS) is 12.2. The fraction of sp³-hybridized carbons (Fsp3) is 0.839. The summed E-state index contributed by atoms with van der Waals surface area (Å²) in [5.74, 6) is -0.883. The Kier molecular flexibility index (Phi) is 49.3. The Labute approximate surface area is 385 Å². The second-order valence-electron chi connectivity index (χ2n) is 18.1. The van der Waals surface area contributed by atoms with Crippen LogP contribution in [0.5, 0.6) is 0 Å². The molecule has 62 heavy (non-hydrogen) atoms. The van der Waals surface area contributed by atoms with E-state index in [0.29, 0.717) is 19.3 Å². The van der Waals surface area contributed by atoms with E-state index < -0.39 is 6.10 Å². The molecule has 0 fully saturated rings. The number of unbranched alkanes of at least 4 members (excludes halogenated alkanes) is 32. The van der Waals surface area contributed by atoms with Gasteiger partial charge in [0.15, 0.2) is 6.10 Å². The van der Waals surface area contributed by atoms with Crippen molar-refractivity contribution in [2.24, 2.45) is 0 Å². The van der Waals surface area contributed by atoms with Crippen LogP contribution < -0.4 is 0 Å². The summed E-state index contributed by atoms with van der Waals surface area (Å²) in [6.07, 6.45) is 60.3. The molecule has 0 aliphatic heterocycles. The molecule has 0 aromatic carbocycles. The molecule has 0 saturated heterocycles. The van der Waals surface area contributed by atoms with Crippen LogP contribution in [0.4, 0.5) is 0 Å². The molecule has 0 N–H and O–H groups in total. The molecule has 0 aromatic heterocycles. The Bertz CT molecular complexity index is 1050. The van der Waals surface area contributed by atoms with Crippen LogP contribution >= 0.6 is 0 Å². The summed E-state index contributed by atoms with van der Waals surface area (Å²) >= 11 is 0. The molecule has 0 rings (SSSR count). The fourth-order valence-corrected chi connectivity index (χ4v) is 7.77. The zero-order chi connectivity index (χ0) is 45.1. The molecule has 362 valence electrons. The van der Waals surface area contributed by atoms with Crippen molar-refractivity contribution in [1.29, 1.82) is 0 Å². The topological polar surface area (TPSA) is 78.9 Å². The lowest BCUT2D eigenvalue weighted by Crippen LogP contribution is -2.30. The van der Waals surface area contributed by atoms with Crippen LogP contribution in [-0.4, -0.2) is 37.2 Å². The third-order valence-electron chi connectivity index (χ3n) is 11.8. The van der Waals surface area contributed by atoms with Gasteiger partial charge in [-0.05, 0) is 70.6 Å². The quantitative estimate of drug-likeness (QED) is 0.0262. The lowest BCUT2D eigenvalue weighted by Gasteiger charge is -2.18. The molecule has 0 heterocycles. The number of carbonyl (C=O) groups is 3. The standard InChI is InChI=1S/C56H102O6/c1-4-7-10-13-16-18-20-21-22-23-24-25-26-27-28-29-30-31-32-33-34-35-36-38-40-43-46-49-55(58)61-52-53(51-60-54(57)48-45-42-39-15-12-9-6-3)62-56(59)50-47-44-41-37-19-17-14-11-8-5-2/h11,14,20-21,23-24,53H,4-10,12-13,15-19,22,25-52H2,1-3H3/b14-11-,21-20-,24-23-. The largest absolute Gasteiger partial charge is 0.462 e. The molecule has 0 bridgehead atoms. The van der Waals surface area contributed by atoms with Gasteiger partial charge in [0.2, 0.25) is 0 Å². The monoisotopic (exact) mass is 871 g/mol. The first-order valence-electron chi connectivity index (χ1n) is 27.0. The maximum atomic E-state index is 12.7. The predicted molar refractivity (Wildman–Crippen MR) is 266 cm³/mol. The average Bonchev–Trinajstić information content (AvgIpc) is 3.27. The van der Waals surface area contributed by atoms with Crippen LogP contribution in [0.3, 0.4) is 0 Å². The molecule has 0 spiro atoms. The highest BCUT2D eigenvalue weighted by Crippen LogP contribution is 2.16. The fourth-order valence-electron chi connectivity index (χ4n) is 7.77. The van der Waals surface area contributed by atoms with Crippen molar-refractivity contribution in [2.75, 3.05) is 13.2 Å². The second-order valence-corrected chi connectivity index (χ2v) is 18.1. The van der Waals surface area contributed by atoms with Crippen LogP contribution in [0.25, 0.3) is 0 Å². The van der Waals surface area contributed by atoms with E-state index in [1.165, 1.54) is 161 Å². The number of hydrogen-bond donors (Lipinski definition) is 0. The zero-order valence-electron chi connectivity index (χ0n) is 41.4. The highest BCUT2D eigenvalue weighted by Gasteiger charge is 2.19. The van der Waals surface area contributed by atoms with E-state index in [9.17, 15) is 14.4 Å². The van der Waals surface area contributed by atoms with Crippen molar-refractivity contribution in [3.63, 3.8) is 0 Å². The summed E-state index contributed by atoms with van der Waals surface area (Å²) in [5.41, 5.74) is 0. The number of allylic oxidation sites excluding steroid dienone is 6. The summed E-state index contributed by atoms with van der Waals surface area (Å²) in [5, 5.41) is 0. The van der Waals surface area contributed by atoms with Gasteiger partial charge in [-0.1, -0.05) is 231 Å². The number of hydrogen-bond acceptors (Lipinski definition) is 6.